The summed E-state index contributed by atoms with van der Waals surface area (Å²) in [4.78, 5) is 12.8. The second-order valence-electron chi connectivity index (χ2n) is 5.17. The van der Waals surface area contributed by atoms with Crippen molar-refractivity contribution in [3.05, 3.63) is 53.1 Å². The lowest BCUT2D eigenvalue weighted by molar-refractivity contribution is -0.118. The van der Waals surface area contributed by atoms with Crippen LogP contribution >= 0.6 is 23.4 Å². The highest BCUT2D eigenvalue weighted by Gasteiger charge is 2.06. The summed E-state index contributed by atoms with van der Waals surface area (Å²) < 4.78 is 11.0. The molecule has 0 fully saturated rings. The first-order valence-corrected chi connectivity index (χ1v) is 9.52. The van der Waals surface area contributed by atoms with Crippen LogP contribution in [0.1, 0.15) is 12.5 Å². The van der Waals surface area contributed by atoms with E-state index >= 15 is 0 Å². The number of amides is 1. The molecule has 0 saturated heterocycles. The fourth-order valence-electron chi connectivity index (χ4n) is 2.00. The van der Waals surface area contributed by atoms with Crippen molar-refractivity contribution < 1.29 is 14.3 Å². The van der Waals surface area contributed by atoms with Crippen molar-refractivity contribution in [2.45, 2.75) is 11.8 Å². The molecule has 0 unspecified atom stereocenters. The number of thioether (sulfide) groups is 1. The third-order valence-corrected chi connectivity index (χ3v) is 4.43. The highest BCUT2D eigenvalue weighted by atomic mass is 35.5. The first-order chi connectivity index (χ1) is 13.1. The Kier molecular flexibility index (Phi) is 8.56. The van der Waals surface area contributed by atoms with Crippen molar-refractivity contribution >= 4 is 35.5 Å². The van der Waals surface area contributed by atoms with E-state index in [0.29, 0.717) is 23.1 Å². The summed E-state index contributed by atoms with van der Waals surface area (Å²) in [5, 5.41) is 4.64. The molecule has 27 heavy (non-hydrogen) atoms. The smallest absolute Gasteiger partial charge is 0.250 e. The van der Waals surface area contributed by atoms with Crippen LogP contribution in [-0.4, -0.2) is 31.1 Å². The first-order valence-electron chi connectivity index (χ1n) is 8.15. The molecule has 0 radical (unpaired) electrons. The number of hydrogen-bond donors (Lipinski definition) is 1. The van der Waals surface area contributed by atoms with Gasteiger partial charge in [-0.1, -0.05) is 17.5 Å². The first kappa shape index (κ1) is 20.7. The summed E-state index contributed by atoms with van der Waals surface area (Å²) >= 11 is 7.24. The van der Waals surface area contributed by atoms with Crippen molar-refractivity contribution in [2.75, 3.05) is 19.0 Å². The Bertz CT molecular complexity index is 832. The fraction of sp³-hybridized carbons (Fsp3) is 0.200. The highest BCUT2D eigenvalue weighted by Crippen LogP contribution is 2.28. The zero-order chi connectivity index (χ0) is 19.5. The Hall–Kier alpha value is -2.62. The van der Waals surface area contributed by atoms with Gasteiger partial charge in [0.1, 0.15) is 6.61 Å². The van der Waals surface area contributed by atoms with E-state index in [1.165, 1.54) is 11.8 Å². The molecular formula is C20H19ClN2O3S. The summed E-state index contributed by atoms with van der Waals surface area (Å²) in [5.41, 5.74) is 3.26. The van der Waals surface area contributed by atoms with Gasteiger partial charge < -0.3 is 9.47 Å². The number of carbonyl (C=O) groups excluding carboxylic acids is 1. The molecule has 7 heteroatoms. The van der Waals surface area contributed by atoms with Crippen molar-refractivity contribution in [1.82, 2.24) is 5.43 Å². The maximum Gasteiger partial charge on any atom is 0.250 e. The Labute approximate surface area is 168 Å². The molecule has 0 aliphatic heterocycles. The van der Waals surface area contributed by atoms with Crippen LogP contribution in [0, 0.1) is 12.3 Å². The molecule has 0 aromatic heterocycles. The maximum atomic E-state index is 11.9. The van der Waals surface area contributed by atoms with Crippen LogP contribution in [0.3, 0.4) is 0 Å². The van der Waals surface area contributed by atoms with Gasteiger partial charge >= 0.3 is 0 Å². The Morgan fingerprint density at radius 2 is 2.04 bits per heavy atom. The number of carbonyl (C=O) groups is 1. The largest absolute Gasteiger partial charge is 0.490 e. The molecule has 0 aliphatic carbocycles. The van der Waals surface area contributed by atoms with Gasteiger partial charge in [-0.3, -0.25) is 4.79 Å². The number of terminal acetylenes is 1. The van der Waals surface area contributed by atoms with Crippen LogP contribution < -0.4 is 14.9 Å². The fourth-order valence-corrected chi connectivity index (χ4v) is 2.82. The van der Waals surface area contributed by atoms with Crippen molar-refractivity contribution in [3.63, 3.8) is 0 Å². The lowest BCUT2D eigenvalue weighted by atomic mass is 10.2. The second kappa shape index (κ2) is 11.2. The van der Waals surface area contributed by atoms with E-state index in [1.807, 2.05) is 19.1 Å². The van der Waals surface area contributed by atoms with Crippen LogP contribution in [0.5, 0.6) is 11.5 Å². The molecule has 0 aliphatic rings. The van der Waals surface area contributed by atoms with Crippen LogP contribution in [0.25, 0.3) is 0 Å². The zero-order valence-corrected chi connectivity index (χ0v) is 16.3. The average molecular weight is 403 g/mol. The van der Waals surface area contributed by atoms with Crippen LogP contribution in [-0.2, 0) is 4.79 Å². The molecule has 0 bridgehead atoms. The second-order valence-corrected chi connectivity index (χ2v) is 6.65. The summed E-state index contributed by atoms with van der Waals surface area (Å²) in [5.74, 6) is 3.60. The number of halogens is 1. The maximum absolute atomic E-state index is 11.9. The zero-order valence-electron chi connectivity index (χ0n) is 14.8. The van der Waals surface area contributed by atoms with E-state index in [0.717, 1.165) is 10.5 Å². The molecular weight excluding hydrogens is 384 g/mol. The third-order valence-electron chi connectivity index (χ3n) is 3.17. The lowest BCUT2D eigenvalue weighted by Gasteiger charge is -2.10. The van der Waals surface area contributed by atoms with Gasteiger partial charge in [0.2, 0.25) is 5.91 Å². The number of benzene rings is 2. The van der Waals surface area contributed by atoms with Crippen LogP contribution in [0.15, 0.2) is 52.5 Å². The minimum Gasteiger partial charge on any atom is -0.490 e. The number of hydrogen-bond acceptors (Lipinski definition) is 5. The Balaban J connectivity index is 1.88. The summed E-state index contributed by atoms with van der Waals surface area (Å²) in [6.45, 7) is 2.53. The molecule has 2 aromatic carbocycles. The summed E-state index contributed by atoms with van der Waals surface area (Å²) in [7, 11) is 0. The Morgan fingerprint density at radius 1 is 1.26 bits per heavy atom. The number of ether oxygens (including phenoxy) is 2. The summed E-state index contributed by atoms with van der Waals surface area (Å²) in [6, 6.07) is 12.6. The predicted molar refractivity (Wildman–Crippen MR) is 110 cm³/mol. The minimum absolute atomic E-state index is 0.162. The van der Waals surface area contributed by atoms with E-state index in [-0.39, 0.29) is 18.3 Å². The molecule has 2 aromatic rings. The van der Waals surface area contributed by atoms with Gasteiger partial charge in [0, 0.05) is 9.92 Å². The van der Waals surface area contributed by atoms with E-state index in [2.05, 4.69) is 16.4 Å². The number of rotatable bonds is 9. The number of hydrazone groups is 1. The van der Waals surface area contributed by atoms with Gasteiger partial charge in [-0.25, -0.2) is 5.43 Å². The molecule has 0 saturated carbocycles. The van der Waals surface area contributed by atoms with Gasteiger partial charge in [0.05, 0.1) is 18.6 Å². The number of nitrogens with zero attached hydrogens (tertiary/aromatic N) is 1. The minimum atomic E-state index is -0.204. The normalized spacial score (nSPS) is 10.4. The van der Waals surface area contributed by atoms with Crippen molar-refractivity contribution in [3.8, 4) is 23.8 Å². The molecule has 1 amide bonds. The van der Waals surface area contributed by atoms with E-state index in [9.17, 15) is 4.79 Å². The molecule has 0 atom stereocenters. The quantitative estimate of drug-likeness (QED) is 0.298. The Morgan fingerprint density at radius 3 is 2.74 bits per heavy atom. The third kappa shape index (κ3) is 7.26. The SMILES string of the molecule is C#CCOc1ccc(/C=N\NC(=O)CSc2ccc(Cl)cc2)cc1OCC. The summed E-state index contributed by atoms with van der Waals surface area (Å²) in [6.07, 6.45) is 6.75. The molecule has 5 nitrogen and oxygen atoms in total. The monoisotopic (exact) mass is 402 g/mol. The highest BCUT2D eigenvalue weighted by molar-refractivity contribution is 8.00. The van der Waals surface area contributed by atoms with E-state index in [1.54, 1.807) is 36.5 Å². The van der Waals surface area contributed by atoms with Crippen molar-refractivity contribution in [2.24, 2.45) is 5.10 Å². The molecule has 1 N–H and O–H groups in total. The van der Waals surface area contributed by atoms with Crippen LogP contribution in [0.4, 0.5) is 0 Å². The molecule has 2 rings (SSSR count). The lowest BCUT2D eigenvalue weighted by Crippen LogP contribution is -2.19. The van der Waals surface area contributed by atoms with Crippen molar-refractivity contribution in [1.29, 1.82) is 0 Å². The van der Waals surface area contributed by atoms with Gasteiger partial charge in [-0.15, -0.1) is 18.2 Å². The molecule has 0 heterocycles. The van der Waals surface area contributed by atoms with Gasteiger partial charge in [-0.05, 0) is 55.0 Å². The standard InChI is InChI=1S/C20H19ClN2O3S/c1-3-11-26-18-10-5-15(12-19(18)25-4-2)13-22-23-20(24)14-27-17-8-6-16(21)7-9-17/h1,5-10,12-13H,4,11,14H2,2H3,(H,23,24)/b22-13-. The van der Waals surface area contributed by atoms with Gasteiger partial charge in [-0.2, -0.15) is 5.10 Å². The average Bonchev–Trinajstić information content (AvgIpc) is 2.67. The topological polar surface area (TPSA) is 59.9 Å². The van der Waals surface area contributed by atoms with E-state index < -0.39 is 0 Å². The van der Waals surface area contributed by atoms with E-state index in [4.69, 9.17) is 27.5 Å². The molecule has 140 valence electrons. The van der Waals surface area contributed by atoms with Gasteiger partial charge in [0.15, 0.2) is 11.5 Å². The van der Waals surface area contributed by atoms with Crippen LogP contribution in [0.2, 0.25) is 5.02 Å². The predicted octanol–water partition coefficient (Wildman–Crippen LogP) is 3.99. The van der Waals surface area contributed by atoms with Gasteiger partial charge in [0.25, 0.3) is 0 Å². The molecule has 0 spiro atoms. The number of nitrogens with one attached hydrogen (secondary N) is 1.